The highest BCUT2D eigenvalue weighted by Gasteiger charge is 2.34. The number of aliphatic hydroxyl groups is 1. The highest BCUT2D eigenvalue weighted by Crippen LogP contribution is 2.38. The Morgan fingerprint density at radius 3 is 2.49 bits per heavy atom. The van der Waals surface area contributed by atoms with Gasteiger partial charge in [-0.25, -0.2) is 15.0 Å². The summed E-state index contributed by atoms with van der Waals surface area (Å²) in [4.78, 5) is 45.0. The number of nitrogens with zero attached hydrogens (tertiary/aromatic N) is 5. The van der Waals surface area contributed by atoms with Gasteiger partial charge in [-0.2, -0.15) is 0 Å². The van der Waals surface area contributed by atoms with E-state index in [1.165, 1.54) is 6.42 Å². The second kappa shape index (κ2) is 16.8. The van der Waals surface area contributed by atoms with Gasteiger partial charge in [0.05, 0.1) is 22.8 Å². The third kappa shape index (κ3) is 8.37. The van der Waals surface area contributed by atoms with Crippen LogP contribution in [0.2, 0.25) is 0 Å². The zero-order valence-electron chi connectivity index (χ0n) is 29.7. The lowest BCUT2D eigenvalue weighted by Gasteiger charge is -2.30. The van der Waals surface area contributed by atoms with E-state index < -0.39 is 18.1 Å². The van der Waals surface area contributed by atoms with E-state index in [0.29, 0.717) is 34.8 Å². The summed E-state index contributed by atoms with van der Waals surface area (Å²) in [6.07, 6.45) is 9.40. The van der Waals surface area contributed by atoms with E-state index in [1.54, 1.807) is 37.8 Å². The van der Waals surface area contributed by atoms with Crippen molar-refractivity contribution in [2.24, 2.45) is 0 Å². The first-order valence-corrected chi connectivity index (χ1v) is 17.8. The van der Waals surface area contributed by atoms with Crippen LogP contribution in [0.1, 0.15) is 71.4 Å². The van der Waals surface area contributed by atoms with Gasteiger partial charge in [-0.3, -0.25) is 14.6 Å². The van der Waals surface area contributed by atoms with E-state index in [9.17, 15) is 14.7 Å². The molecule has 1 fully saturated rings. The predicted octanol–water partition coefficient (Wildman–Crippen LogP) is 7.55. The minimum atomic E-state index is -1.43. The van der Waals surface area contributed by atoms with Gasteiger partial charge in [0.2, 0.25) is 5.95 Å². The van der Waals surface area contributed by atoms with Crippen molar-refractivity contribution in [1.82, 2.24) is 29.8 Å². The second-order valence-corrected chi connectivity index (χ2v) is 13.3. The molecule has 0 unspecified atom stereocenters. The van der Waals surface area contributed by atoms with E-state index in [4.69, 9.17) is 4.98 Å². The molecular weight excluding hydrogens is 688 g/mol. The average molecular weight is 731 g/mol. The number of aromatic nitrogens is 5. The van der Waals surface area contributed by atoms with Crippen molar-refractivity contribution in [3.8, 4) is 11.3 Å². The summed E-state index contributed by atoms with van der Waals surface area (Å²) in [5.41, 5.74) is 6.67. The fraction of sp³-hybridized carbons (Fsp3) is 0.268. The molecule has 0 saturated heterocycles. The van der Waals surface area contributed by atoms with Crippen LogP contribution in [0.25, 0.3) is 22.3 Å². The summed E-state index contributed by atoms with van der Waals surface area (Å²) >= 11 is 0. The molecule has 12 heteroatoms. The molecule has 0 aliphatic heterocycles. The van der Waals surface area contributed by atoms with Gasteiger partial charge < -0.3 is 25.6 Å². The fourth-order valence-corrected chi connectivity index (χ4v) is 7.04. The number of rotatable bonds is 11. The van der Waals surface area contributed by atoms with Gasteiger partial charge in [0.1, 0.15) is 5.82 Å². The molecular formula is C41H43ClN8O3. The first kappa shape index (κ1) is 37.1. The van der Waals surface area contributed by atoms with Crippen LogP contribution in [0.5, 0.6) is 0 Å². The van der Waals surface area contributed by atoms with Crippen LogP contribution in [0.4, 0.5) is 17.3 Å². The number of aliphatic hydroxyl groups excluding tert-OH is 1. The summed E-state index contributed by atoms with van der Waals surface area (Å²) in [6.45, 7) is 1.95. The van der Waals surface area contributed by atoms with Crippen molar-refractivity contribution < 1.29 is 14.7 Å². The zero-order valence-corrected chi connectivity index (χ0v) is 30.5. The smallest absolute Gasteiger partial charge is 0.255 e. The first-order valence-electron chi connectivity index (χ1n) is 17.8. The van der Waals surface area contributed by atoms with Crippen LogP contribution in [-0.4, -0.2) is 54.6 Å². The number of hydrogen-bond donors (Lipinski definition) is 4. The van der Waals surface area contributed by atoms with Gasteiger partial charge >= 0.3 is 0 Å². The normalized spacial score (nSPS) is 14.2. The van der Waals surface area contributed by atoms with E-state index in [-0.39, 0.29) is 24.2 Å². The molecule has 2 amide bonds. The summed E-state index contributed by atoms with van der Waals surface area (Å²) in [5, 5.41) is 21.0. The van der Waals surface area contributed by atoms with E-state index >= 15 is 0 Å². The number of benzene rings is 3. The summed E-state index contributed by atoms with van der Waals surface area (Å²) in [7, 11) is 1.60. The number of fused-ring (bicyclic) bond motifs is 1. The fourth-order valence-electron chi connectivity index (χ4n) is 7.04. The number of aryl methyl sites for hydroxylation is 1. The molecule has 0 bridgehead atoms. The Labute approximate surface area is 314 Å². The molecule has 0 spiro atoms. The molecule has 0 radical (unpaired) electrons. The Hall–Kier alpha value is -5.65. The standard InChI is InChI=1S/C41H42N8O3.ClH/c1-26-15-17-31(24-33(26)48-41-44-21-19-32(47-41)30-14-9-20-43-25-30)45-40(52)37(50)36(22-27-10-5-3-6-11-27)49-35-18-16-29(39(51)42-2)23-34(35)46-38(49)28-12-7-4-8-13-28;/h3,5-6,9-11,14-21,23-25,28,36-37,50H,4,7-8,12-13,22H2,1-2H3,(H,42,51)(H,45,52)(H,44,47,48);1H/t36-,37+;/m1./s1. The van der Waals surface area contributed by atoms with Crippen LogP contribution in [-0.2, 0) is 11.2 Å². The number of carbonyl (C=O) groups excluding carboxylic acids is 2. The van der Waals surface area contributed by atoms with Gasteiger partial charge in [-0.05, 0) is 85.8 Å². The van der Waals surface area contributed by atoms with Gasteiger partial charge in [0.25, 0.3) is 11.8 Å². The molecule has 1 saturated carbocycles. The van der Waals surface area contributed by atoms with Crippen LogP contribution in [0.15, 0.2) is 104 Å². The van der Waals surface area contributed by atoms with Crippen LogP contribution >= 0.6 is 12.4 Å². The molecule has 3 aromatic heterocycles. The van der Waals surface area contributed by atoms with E-state index in [0.717, 1.165) is 59.4 Å². The number of hydrogen-bond acceptors (Lipinski definition) is 8. The Kier molecular flexibility index (Phi) is 11.8. The molecule has 11 nitrogen and oxygen atoms in total. The minimum absolute atomic E-state index is 0. The maximum atomic E-state index is 14.1. The zero-order chi connectivity index (χ0) is 36.0. The summed E-state index contributed by atoms with van der Waals surface area (Å²) in [6, 6.07) is 25.8. The summed E-state index contributed by atoms with van der Waals surface area (Å²) in [5.74, 6) is 0.673. The Balaban J connectivity index is 0.00000481. The molecule has 1 aliphatic carbocycles. The second-order valence-electron chi connectivity index (χ2n) is 13.3. The Bertz CT molecular complexity index is 2190. The Morgan fingerprint density at radius 2 is 1.74 bits per heavy atom. The number of nitrogens with one attached hydrogen (secondary N) is 3. The quantitative estimate of drug-likeness (QED) is 0.107. The molecule has 1 aliphatic rings. The highest BCUT2D eigenvalue weighted by atomic mass is 35.5. The number of halogens is 1. The lowest BCUT2D eigenvalue weighted by Crippen LogP contribution is -2.38. The van der Waals surface area contributed by atoms with Crippen LogP contribution in [0, 0.1) is 6.92 Å². The lowest BCUT2D eigenvalue weighted by atomic mass is 9.88. The van der Waals surface area contributed by atoms with E-state index in [1.807, 2.05) is 79.7 Å². The third-order valence-corrected chi connectivity index (χ3v) is 9.79. The van der Waals surface area contributed by atoms with Crippen molar-refractivity contribution in [3.63, 3.8) is 0 Å². The number of amides is 2. The number of pyridine rings is 1. The lowest BCUT2D eigenvalue weighted by molar-refractivity contribution is -0.126. The number of carbonyl (C=O) groups is 2. The maximum Gasteiger partial charge on any atom is 0.255 e. The topological polar surface area (TPSA) is 147 Å². The monoisotopic (exact) mass is 730 g/mol. The van der Waals surface area contributed by atoms with Gasteiger partial charge in [-0.15, -0.1) is 12.4 Å². The average Bonchev–Trinajstić information content (AvgIpc) is 3.57. The first-order chi connectivity index (χ1) is 25.4. The molecule has 2 atom stereocenters. The maximum absolute atomic E-state index is 14.1. The predicted molar refractivity (Wildman–Crippen MR) is 210 cm³/mol. The van der Waals surface area contributed by atoms with E-state index in [2.05, 4.69) is 35.5 Å². The van der Waals surface area contributed by atoms with Crippen molar-refractivity contribution in [2.75, 3.05) is 17.7 Å². The van der Waals surface area contributed by atoms with Crippen molar-refractivity contribution in [3.05, 3.63) is 126 Å². The molecule has 3 heterocycles. The molecule has 4 N–H and O–H groups in total. The van der Waals surface area contributed by atoms with Crippen molar-refractivity contribution in [1.29, 1.82) is 0 Å². The minimum Gasteiger partial charge on any atom is -0.381 e. The van der Waals surface area contributed by atoms with Crippen LogP contribution in [0.3, 0.4) is 0 Å². The van der Waals surface area contributed by atoms with Gasteiger partial charge in [-0.1, -0.05) is 55.7 Å². The third-order valence-electron chi connectivity index (χ3n) is 9.79. The van der Waals surface area contributed by atoms with Gasteiger partial charge in [0.15, 0.2) is 6.10 Å². The highest BCUT2D eigenvalue weighted by molar-refractivity contribution is 5.98. The summed E-state index contributed by atoms with van der Waals surface area (Å²) < 4.78 is 2.06. The van der Waals surface area contributed by atoms with Crippen LogP contribution < -0.4 is 16.0 Å². The molecule has 7 rings (SSSR count). The molecule has 3 aromatic carbocycles. The Morgan fingerprint density at radius 1 is 0.925 bits per heavy atom. The van der Waals surface area contributed by atoms with Gasteiger partial charge in [0, 0.05) is 54.1 Å². The molecule has 272 valence electrons. The largest absolute Gasteiger partial charge is 0.381 e. The number of anilines is 3. The molecule has 53 heavy (non-hydrogen) atoms. The molecule has 6 aromatic rings. The van der Waals surface area contributed by atoms with Crippen molar-refractivity contribution >= 4 is 52.6 Å². The number of imidazole rings is 1. The van der Waals surface area contributed by atoms with Crippen molar-refractivity contribution in [2.45, 2.75) is 63.5 Å². The SMILES string of the molecule is CNC(=O)c1ccc2c(c1)nc(C1CCCCC1)n2[C@H](Cc1ccccc1)[C@H](O)C(=O)Nc1ccc(C)c(Nc2nccc(-c3cccnc3)n2)c1.Cl.